The SMILES string of the molecule is O=C(NC(c1ccccn1)C(F)(F)F)c1cn[nH]c1-c1ccccc1. The monoisotopic (exact) mass is 346 g/mol. The van der Waals surface area contributed by atoms with Crippen molar-refractivity contribution in [3.63, 3.8) is 0 Å². The minimum Gasteiger partial charge on any atom is -0.335 e. The number of benzene rings is 1. The minimum absolute atomic E-state index is 0.0244. The topological polar surface area (TPSA) is 70.7 Å². The lowest BCUT2D eigenvalue weighted by Gasteiger charge is -2.21. The quantitative estimate of drug-likeness (QED) is 0.759. The van der Waals surface area contributed by atoms with Crippen LogP contribution in [0.5, 0.6) is 0 Å². The summed E-state index contributed by atoms with van der Waals surface area (Å²) in [5, 5.41) is 8.43. The highest BCUT2D eigenvalue weighted by atomic mass is 19.4. The molecule has 0 saturated heterocycles. The Bertz CT molecular complexity index is 847. The van der Waals surface area contributed by atoms with E-state index in [4.69, 9.17) is 0 Å². The van der Waals surface area contributed by atoms with Crippen LogP contribution >= 0.6 is 0 Å². The van der Waals surface area contributed by atoms with Crippen molar-refractivity contribution in [2.24, 2.45) is 0 Å². The smallest absolute Gasteiger partial charge is 0.335 e. The number of rotatable bonds is 4. The van der Waals surface area contributed by atoms with E-state index in [1.54, 1.807) is 30.3 Å². The predicted octanol–water partition coefficient (Wildman–Crippen LogP) is 3.51. The van der Waals surface area contributed by atoms with Crippen LogP contribution in [0.2, 0.25) is 0 Å². The fourth-order valence-electron chi connectivity index (χ4n) is 2.36. The Morgan fingerprint density at radius 2 is 1.80 bits per heavy atom. The summed E-state index contributed by atoms with van der Waals surface area (Å²) in [6, 6.07) is 10.7. The van der Waals surface area contributed by atoms with E-state index in [0.717, 1.165) is 0 Å². The van der Waals surface area contributed by atoms with Crippen molar-refractivity contribution in [2.75, 3.05) is 0 Å². The number of nitrogens with zero attached hydrogens (tertiary/aromatic N) is 2. The van der Waals surface area contributed by atoms with Crippen LogP contribution in [0, 0.1) is 0 Å². The maximum absolute atomic E-state index is 13.4. The molecule has 0 saturated carbocycles. The number of alkyl halides is 3. The molecule has 2 N–H and O–H groups in total. The number of halogens is 3. The van der Waals surface area contributed by atoms with Crippen molar-refractivity contribution in [1.82, 2.24) is 20.5 Å². The predicted molar refractivity (Wildman–Crippen MR) is 84.5 cm³/mol. The molecule has 1 atom stereocenters. The molecule has 5 nitrogen and oxygen atoms in total. The van der Waals surface area contributed by atoms with Crippen molar-refractivity contribution in [3.8, 4) is 11.3 Å². The van der Waals surface area contributed by atoms with Crippen LogP contribution in [0.4, 0.5) is 13.2 Å². The van der Waals surface area contributed by atoms with Gasteiger partial charge in [-0.2, -0.15) is 18.3 Å². The van der Waals surface area contributed by atoms with Gasteiger partial charge in [-0.15, -0.1) is 0 Å². The molecule has 0 bridgehead atoms. The van der Waals surface area contributed by atoms with Gasteiger partial charge < -0.3 is 5.32 Å². The molecule has 25 heavy (non-hydrogen) atoms. The molecule has 2 heterocycles. The Hall–Kier alpha value is -3.16. The van der Waals surface area contributed by atoms with Crippen molar-refractivity contribution in [3.05, 3.63) is 72.2 Å². The number of hydrogen-bond acceptors (Lipinski definition) is 3. The summed E-state index contributed by atoms with van der Waals surface area (Å²) >= 11 is 0. The van der Waals surface area contributed by atoms with Gasteiger partial charge in [0.15, 0.2) is 6.04 Å². The summed E-state index contributed by atoms with van der Waals surface area (Å²) in [7, 11) is 0. The van der Waals surface area contributed by atoms with Crippen molar-refractivity contribution >= 4 is 5.91 Å². The second-order valence-electron chi connectivity index (χ2n) is 5.23. The summed E-state index contributed by atoms with van der Waals surface area (Å²) in [6.07, 6.45) is -2.24. The van der Waals surface area contributed by atoms with Crippen LogP contribution in [-0.2, 0) is 0 Å². The van der Waals surface area contributed by atoms with Gasteiger partial charge in [0.25, 0.3) is 5.91 Å². The van der Waals surface area contributed by atoms with Gasteiger partial charge in [0, 0.05) is 11.8 Å². The minimum atomic E-state index is -4.68. The molecule has 3 aromatic rings. The van der Waals surface area contributed by atoms with Crippen molar-refractivity contribution in [2.45, 2.75) is 12.2 Å². The van der Waals surface area contributed by atoms with Gasteiger partial charge in [0.1, 0.15) is 0 Å². The third-order valence-electron chi connectivity index (χ3n) is 3.53. The van der Waals surface area contributed by atoms with E-state index in [1.807, 2.05) is 5.32 Å². The molecular formula is C17H13F3N4O. The molecule has 1 unspecified atom stereocenters. The molecule has 2 aromatic heterocycles. The highest BCUT2D eigenvalue weighted by Crippen LogP contribution is 2.32. The number of H-pyrrole nitrogens is 1. The summed E-state index contributed by atoms with van der Waals surface area (Å²) in [5.41, 5.74) is 0.732. The van der Waals surface area contributed by atoms with Gasteiger partial charge in [0.05, 0.1) is 23.1 Å². The Kier molecular flexibility index (Phi) is 4.51. The summed E-state index contributed by atoms with van der Waals surface area (Å²) in [4.78, 5) is 16.1. The molecule has 0 fully saturated rings. The lowest BCUT2D eigenvalue weighted by atomic mass is 10.1. The van der Waals surface area contributed by atoms with E-state index in [0.29, 0.717) is 11.3 Å². The lowest BCUT2D eigenvalue weighted by Crippen LogP contribution is -2.38. The van der Waals surface area contributed by atoms with Gasteiger partial charge in [-0.25, -0.2) is 0 Å². The number of hydrogen-bond donors (Lipinski definition) is 2. The zero-order valence-corrected chi connectivity index (χ0v) is 12.8. The number of carbonyl (C=O) groups excluding carboxylic acids is 1. The average Bonchev–Trinajstić information content (AvgIpc) is 3.10. The van der Waals surface area contributed by atoms with Gasteiger partial charge in [0.2, 0.25) is 0 Å². The normalized spacial score (nSPS) is 12.6. The molecule has 128 valence electrons. The average molecular weight is 346 g/mol. The van der Waals surface area contributed by atoms with Crippen molar-refractivity contribution in [1.29, 1.82) is 0 Å². The molecule has 0 aliphatic heterocycles. The summed E-state index contributed by atoms with van der Waals surface area (Å²) in [5.74, 6) is -0.888. The molecule has 1 aromatic carbocycles. The largest absolute Gasteiger partial charge is 0.414 e. The third kappa shape index (κ3) is 3.68. The lowest BCUT2D eigenvalue weighted by molar-refractivity contribution is -0.156. The molecule has 0 aliphatic carbocycles. The Labute approximate surface area is 140 Å². The molecule has 8 heteroatoms. The Morgan fingerprint density at radius 3 is 2.44 bits per heavy atom. The first-order chi connectivity index (χ1) is 12.0. The number of aromatic nitrogens is 3. The summed E-state index contributed by atoms with van der Waals surface area (Å²) < 4.78 is 40.1. The van der Waals surface area contributed by atoms with E-state index in [-0.39, 0.29) is 11.3 Å². The van der Waals surface area contributed by atoms with Crippen LogP contribution in [0.15, 0.2) is 60.9 Å². The van der Waals surface area contributed by atoms with Crippen LogP contribution in [0.3, 0.4) is 0 Å². The number of nitrogens with one attached hydrogen (secondary N) is 2. The molecule has 0 radical (unpaired) electrons. The number of amides is 1. The van der Waals surface area contributed by atoms with Crippen LogP contribution < -0.4 is 5.32 Å². The second-order valence-corrected chi connectivity index (χ2v) is 5.23. The third-order valence-corrected chi connectivity index (χ3v) is 3.53. The molecule has 0 spiro atoms. The highest BCUT2D eigenvalue weighted by Gasteiger charge is 2.43. The molecule has 0 aliphatic rings. The Balaban J connectivity index is 1.90. The van der Waals surface area contributed by atoms with Crippen LogP contribution in [0.25, 0.3) is 11.3 Å². The van der Waals surface area contributed by atoms with Gasteiger partial charge >= 0.3 is 6.18 Å². The Morgan fingerprint density at radius 1 is 1.08 bits per heavy atom. The number of carbonyl (C=O) groups is 1. The zero-order valence-electron chi connectivity index (χ0n) is 12.8. The maximum atomic E-state index is 13.4. The van der Waals surface area contributed by atoms with Gasteiger partial charge in [-0.3, -0.25) is 14.9 Å². The first kappa shape index (κ1) is 16.7. The number of pyridine rings is 1. The standard InChI is InChI=1S/C17H13F3N4O/c18-17(19,20)15(13-8-4-5-9-21-13)23-16(25)12-10-22-24-14(12)11-6-2-1-3-7-11/h1-10,15H,(H,22,24)(H,23,25). The fraction of sp³-hybridized carbons (Fsp3) is 0.118. The highest BCUT2D eigenvalue weighted by molar-refractivity contribution is 5.99. The second kappa shape index (κ2) is 6.76. The maximum Gasteiger partial charge on any atom is 0.414 e. The van der Waals surface area contributed by atoms with E-state index >= 15 is 0 Å². The molecule has 1 amide bonds. The van der Waals surface area contributed by atoms with Crippen LogP contribution in [-0.4, -0.2) is 27.3 Å². The van der Waals surface area contributed by atoms with E-state index in [2.05, 4.69) is 15.2 Å². The molecule has 3 rings (SSSR count). The van der Waals surface area contributed by atoms with Crippen molar-refractivity contribution < 1.29 is 18.0 Å². The van der Waals surface area contributed by atoms with Gasteiger partial charge in [-0.1, -0.05) is 36.4 Å². The first-order valence-electron chi connectivity index (χ1n) is 7.34. The molecular weight excluding hydrogens is 333 g/mol. The fourth-order valence-corrected chi connectivity index (χ4v) is 2.36. The summed E-state index contributed by atoms with van der Waals surface area (Å²) in [6.45, 7) is 0. The van der Waals surface area contributed by atoms with E-state index in [9.17, 15) is 18.0 Å². The van der Waals surface area contributed by atoms with E-state index in [1.165, 1.54) is 30.6 Å². The number of aromatic amines is 1. The van der Waals surface area contributed by atoms with Gasteiger partial charge in [-0.05, 0) is 12.1 Å². The van der Waals surface area contributed by atoms with E-state index < -0.39 is 18.1 Å². The zero-order chi connectivity index (χ0) is 17.9. The first-order valence-corrected chi connectivity index (χ1v) is 7.34. The van der Waals surface area contributed by atoms with Crippen LogP contribution in [0.1, 0.15) is 22.1 Å².